The minimum absolute atomic E-state index is 0.109. The Labute approximate surface area is 117 Å². The van der Waals surface area contributed by atoms with Crippen LogP contribution in [0.3, 0.4) is 0 Å². The van der Waals surface area contributed by atoms with Crippen LogP contribution in [-0.4, -0.2) is 26.9 Å². The molecule has 0 aliphatic carbocycles. The van der Waals surface area contributed by atoms with Crippen LogP contribution in [0.15, 0.2) is 4.52 Å². The maximum absolute atomic E-state index is 6.05. The van der Waals surface area contributed by atoms with Gasteiger partial charge in [0.15, 0.2) is 5.82 Å². The standard InChI is InChI=1S/C12H21N3OS2/c1-3-4-5-9(13)12-14-11(15-16-12)10-8(2)17-6-7-18-10/h8-10H,3-7,13H2,1-2H3. The molecule has 18 heavy (non-hydrogen) atoms. The van der Waals surface area contributed by atoms with Crippen LogP contribution in [-0.2, 0) is 0 Å². The molecular weight excluding hydrogens is 266 g/mol. The van der Waals surface area contributed by atoms with Gasteiger partial charge in [-0.1, -0.05) is 31.8 Å². The quantitative estimate of drug-likeness (QED) is 0.897. The summed E-state index contributed by atoms with van der Waals surface area (Å²) in [6, 6.07) is -0.109. The highest BCUT2D eigenvalue weighted by Gasteiger charge is 2.29. The minimum atomic E-state index is -0.109. The molecule has 1 fully saturated rings. The molecular formula is C12H21N3OS2. The predicted molar refractivity (Wildman–Crippen MR) is 77.9 cm³/mol. The van der Waals surface area contributed by atoms with Crippen LogP contribution in [0.5, 0.6) is 0 Å². The number of aromatic nitrogens is 2. The summed E-state index contributed by atoms with van der Waals surface area (Å²) >= 11 is 3.90. The zero-order valence-electron chi connectivity index (χ0n) is 11.0. The van der Waals surface area contributed by atoms with Crippen molar-refractivity contribution < 1.29 is 4.52 Å². The van der Waals surface area contributed by atoms with Gasteiger partial charge in [-0.25, -0.2) is 0 Å². The molecule has 6 heteroatoms. The van der Waals surface area contributed by atoms with E-state index in [0.29, 0.717) is 16.4 Å². The van der Waals surface area contributed by atoms with Crippen LogP contribution in [0, 0.1) is 0 Å². The molecule has 2 rings (SSSR count). The Morgan fingerprint density at radius 3 is 2.94 bits per heavy atom. The van der Waals surface area contributed by atoms with E-state index in [-0.39, 0.29) is 6.04 Å². The van der Waals surface area contributed by atoms with Crippen molar-refractivity contribution in [1.82, 2.24) is 10.1 Å². The van der Waals surface area contributed by atoms with Gasteiger partial charge in [-0.2, -0.15) is 16.7 Å². The van der Waals surface area contributed by atoms with Crippen molar-refractivity contribution in [3.8, 4) is 0 Å². The molecule has 0 radical (unpaired) electrons. The van der Waals surface area contributed by atoms with E-state index in [2.05, 4.69) is 24.0 Å². The summed E-state index contributed by atoms with van der Waals surface area (Å²) in [5, 5.41) is 5.01. The Morgan fingerprint density at radius 1 is 1.44 bits per heavy atom. The van der Waals surface area contributed by atoms with E-state index in [1.54, 1.807) is 0 Å². The summed E-state index contributed by atoms with van der Waals surface area (Å²) in [5.74, 6) is 3.79. The van der Waals surface area contributed by atoms with Crippen LogP contribution in [0.4, 0.5) is 0 Å². The maximum atomic E-state index is 6.05. The normalized spacial score (nSPS) is 26.2. The van der Waals surface area contributed by atoms with Gasteiger partial charge < -0.3 is 10.3 Å². The van der Waals surface area contributed by atoms with Gasteiger partial charge in [0.05, 0.1) is 11.3 Å². The Morgan fingerprint density at radius 2 is 2.22 bits per heavy atom. The highest BCUT2D eigenvalue weighted by molar-refractivity contribution is 8.06. The van der Waals surface area contributed by atoms with Crippen molar-refractivity contribution in [2.24, 2.45) is 5.73 Å². The third-order valence-corrected chi connectivity index (χ3v) is 6.17. The van der Waals surface area contributed by atoms with E-state index >= 15 is 0 Å². The summed E-state index contributed by atoms with van der Waals surface area (Å²) in [7, 11) is 0. The summed E-state index contributed by atoms with van der Waals surface area (Å²) in [6.45, 7) is 4.39. The lowest BCUT2D eigenvalue weighted by Gasteiger charge is -2.24. The molecule has 4 nitrogen and oxygen atoms in total. The molecule has 0 bridgehead atoms. The summed E-state index contributed by atoms with van der Waals surface area (Å²) in [5.41, 5.74) is 6.05. The topological polar surface area (TPSA) is 64.9 Å². The molecule has 0 spiro atoms. The van der Waals surface area contributed by atoms with Gasteiger partial charge in [0.25, 0.3) is 0 Å². The second-order valence-corrected chi connectivity index (χ2v) is 7.34. The third kappa shape index (κ3) is 3.42. The van der Waals surface area contributed by atoms with Crippen LogP contribution < -0.4 is 5.73 Å². The van der Waals surface area contributed by atoms with Crippen molar-refractivity contribution in [1.29, 1.82) is 0 Å². The fraction of sp³-hybridized carbons (Fsp3) is 0.833. The maximum Gasteiger partial charge on any atom is 0.243 e. The van der Waals surface area contributed by atoms with Crippen molar-refractivity contribution >= 4 is 23.5 Å². The van der Waals surface area contributed by atoms with Crippen molar-refractivity contribution in [2.75, 3.05) is 11.5 Å². The van der Waals surface area contributed by atoms with E-state index in [4.69, 9.17) is 10.3 Å². The molecule has 0 aromatic carbocycles. The largest absolute Gasteiger partial charge is 0.338 e. The molecule has 1 saturated heterocycles. The minimum Gasteiger partial charge on any atom is -0.338 e. The van der Waals surface area contributed by atoms with Crippen LogP contribution >= 0.6 is 23.5 Å². The average Bonchev–Trinajstić information content (AvgIpc) is 2.86. The lowest BCUT2D eigenvalue weighted by Crippen LogP contribution is -2.17. The number of thioether (sulfide) groups is 2. The molecule has 2 heterocycles. The van der Waals surface area contributed by atoms with Gasteiger partial charge in [-0.3, -0.25) is 0 Å². The zero-order chi connectivity index (χ0) is 13.0. The van der Waals surface area contributed by atoms with Crippen molar-refractivity contribution in [2.45, 2.75) is 49.7 Å². The molecule has 0 amide bonds. The van der Waals surface area contributed by atoms with E-state index in [1.165, 1.54) is 5.75 Å². The molecule has 0 saturated carbocycles. The SMILES string of the molecule is CCCCC(N)c1nc(C2SCCSC2C)no1. The van der Waals surface area contributed by atoms with Gasteiger partial charge >= 0.3 is 0 Å². The zero-order valence-corrected chi connectivity index (χ0v) is 12.6. The van der Waals surface area contributed by atoms with Crippen LogP contribution in [0.25, 0.3) is 0 Å². The first-order chi connectivity index (χ1) is 8.72. The second kappa shape index (κ2) is 6.82. The Kier molecular flexibility index (Phi) is 5.38. The molecule has 1 aliphatic rings. The van der Waals surface area contributed by atoms with E-state index in [1.807, 2.05) is 23.5 Å². The number of hydrogen-bond acceptors (Lipinski definition) is 6. The smallest absolute Gasteiger partial charge is 0.243 e. The van der Waals surface area contributed by atoms with Gasteiger partial charge in [0.2, 0.25) is 5.89 Å². The molecule has 1 aromatic heterocycles. The lowest BCUT2D eigenvalue weighted by molar-refractivity contribution is 0.342. The molecule has 3 atom stereocenters. The Hall–Kier alpha value is -0.200. The summed E-state index contributed by atoms with van der Waals surface area (Å²) < 4.78 is 5.32. The van der Waals surface area contributed by atoms with E-state index < -0.39 is 0 Å². The van der Waals surface area contributed by atoms with Crippen LogP contribution in [0.2, 0.25) is 0 Å². The monoisotopic (exact) mass is 287 g/mol. The van der Waals surface area contributed by atoms with E-state index in [0.717, 1.165) is 30.8 Å². The van der Waals surface area contributed by atoms with Gasteiger partial charge in [-0.05, 0) is 6.42 Å². The molecule has 1 aromatic rings. The highest BCUT2D eigenvalue weighted by atomic mass is 32.2. The van der Waals surface area contributed by atoms with Gasteiger partial charge in [0, 0.05) is 16.8 Å². The number of hydrogen-bond donors (Lipinski definition) is 1. The second-order valence-electron chi connectivity index (χ2n) is 4.61. The first-order valence-corrected chi connectivity index (χ1v) is 8.64. The third-order valence-electron chi connectivity index (χ3n) is 3.09. The predicted octanol–water partition coefficient (Wildman–Crippen LogP) is 3.17. The van der Waals surface area contributed by atoms with E-state index in [9.17, 15) is 0 Å². The summed E-state index contributed by atoms with van der Waals surface area (Å²) in [4.78, 5) is 4.50. The first kappa shape index (κ1) is 14.2. The van der Waals surface area contributed by atoms with Gasteiger partial charge in [0.1, 0.15) is 0 Å². The first-order valence-electron chi connectivity index (χ1n) is 6.54. The van der Waals surface area contributed by atoms with Gasteiger partial charge in [-0.15, -0.1) is 11.8 Å². The van der Waals surface area contributed by atoms with Crippen molar-refractivity contribution in [3.05, 3.63) is 11.7 Å². The Bertz CT molecular complexity index is 372. The molecule has 2 N–H and O–H groups in total. The Balaban J connectivity index is 2.00. The molecule has 1 aliphatic heterocycles. The van der Waals surface area contributed by atoms with Crippen molar-refractivity contribution in [3.63, 3.8) is 0 Å². The number of nitrogens with zero attached hydrogens (tertiary/aromatic N) is 2. The lowest BCUT2D eigenvalue weighted by atomic mass is 10.1. The average molecular weight is 287 g/mol. The fourth-order valence-electron chi connectivity index (χ4n) is 1.98. The number of unbranched alkanes of at least 4 members (excludes halogenated alkanes) is 1. The number of rotatable bonds is 5. The number of nitrogens with two attached hydrogens (primary N) is 1. The molecule has 3 unspecified atom stereocenters. The molecule has 102 valence electrons. The summed E-state index contributed by atoms with van der Waals surface area (Å²) in [6.07, 6.45) is 3.16. The fourth-order valence-corrected chi connectivity index (χ4v) is 4.66. The van der Waals surface area contributed by atoms with Crippen LogP contribution in [0.1, 0.15) is 56.1 Å². The highest BCUT2D eigenvalue weighted by Crippen LogP contribution is 2.41.